The number of nitrogens with one attached hydrogen (secondary N) is 1. The molecule has 0 fully saturated rings. The minimum atomic E-state index is -1.09. The summed E-state index contributed by atoms with van der Waals surface area (Å²) in [4.78, 5) is 29.9. The van der Waals surface area contributed by atoms with Gasteiger partial charge in [0.1, 0.15) is 24.2 Å². The zero-order valence-electron chi connectivity index (χ0n) is 21.5. The largest absolute Gasteiger partial charge is 0.458 e. The number of amides is 2. The highest BCUT2D eigenvalue weighted by Crippen LogP contribution is 2.28. The van der Waals surface area contributed by atoms with Crippen LogP contribution >= 0.6 is 11.6 Å². The number of carbonyl (C=O) groups excluding carboxylic acids is 2. The lowest BCUT2D eigenvalue weighted by molar-refractivity contribution is -0.143. The summed E-state index contributed by atoms with van der Waals surface area (Å²) in [6, 6.07) is 14.9. The van der Waals surface area contributed by atoms with Crippen molar-refractivity contribution in [3.63, 3.8) is 0 Å². The average Bonchev–Trinajstić information content (AvgIpc) is 3.48. The van der Waals surface area contributed by atoms with Gasteiger partial charge in [-0.3, -0.25) is 9.59 Å². The van der Waals surface area contributed by atoms with Crippen molar-refractivity contribution in [1.82, 2.24) is 30.4 Å². The number of furan rings is 1. The van der Waals surface area contributed by atoms with Crippen molar-refractivity contribution in [3.05, 3.63) is 88.4 Å². The summed E-state index contributed by atoms with van der Waals surface area (Å²) >= 11 is 6.43. The molecule has 0 aliphatic carbocycles. The summed E-state index contributed by atoms with van der Waals surface area (Å²) in [5.74, 6) is -0.0248. The summed E-state index contributed by atoms with van der Waals surface area (Å²) in [5.41, 5.74) is 0.487. The minimum absolute atomic E-state index is 0.0110. The van der Waals surface area contributed by atoms with Gasteiger partial charge >= 0.3 is 0 Å². The fourth-order valence-electron chi connectivity index (χ4n) is 3.86. The Labute approximate surface area is 224 Å². The van der Waals surface area contributed by atoms with Crippen molar-refractivity contribution in [2.24, 2.45) is 0 Å². The van der Waals surface area contributed by atoms with Crippen LogP contribution in [0.5, 0.6) is 0 Å². The molecule has 0 radical (unpaired) electrons. The highest BCUT2D eigenvalue weighted by Gasteiger charge is 2.34. The Morgan fingerprint density at radius 2 is 1.82 bits per heavy atom. The summed E-state index contributed by atoms with van der Waals surface area (Å²) < 4.78 is 19.3. The molecule has 0 spiro atoms. The van der Waals surface area contributed by atoms with Gasteiger partial charge < -0.3 is 14.6 Å². The number of carbonyl (C=O) groups is 2. The topological polar surface area (TPSA) is 106 Å². The zero-order chi connectivity index (χ0) is 27.4. The van der Waals surface area contributed by atoms with E-state index in [1.165, 1.54) is 29.2 Å². The number of hydrogen-bond acceptors (Lipinski definition) is 6. The summed E-state index contributed by atoms with van der Waals surface area (Å²) in [6.07, 6.45) is 0. The summed E-state index contributed by atoms with van der Waals surface area (Å²) in [5, 5.41) is 15.6. The van der Waals surface area contributed by atoms with Gasteiger partial charge in [-0.1, -0.05) is 41.9 Å². The van der Waals surface area contributed by atoms with Gasteiger partial charge in [0.2, 0.25) is 17.6 Å². The van der Waals surface area contributed by atoms with E-state index in [0.29, 0.717) is 27.7 Å². The standard InChI is InChI=1S/C27H28ClFN6O3/c1-17-9-14-22(38-17)25-31-33-35(32-25)16-23(36)34(15-19-7-5-6-8-21(19)28)24(26(37)30-27(2,3)4)18-10-12-20(29)13-11-18/h5-14,24H,15-16H2,1-4H3,(H,30,37). The molecule has 198 valence electrons. The van der Waals surface area contributed by atoms with Crippen molar-refractivity contribution < 1.29 is 18.4 Å². The molecule has 9 nitrogen and oxygen atoms in total. The van der Waals surface area contributed by atoms with E-state index in [2.05, 4.69) is 20.7 Å². The van der Waals surface area contributed by atoms with Crippen LogP contribution in [-0.2, 0) is 22.7 Å². The molecule has 1 unspecified atom stereocenters. The van der Waals surface area contributed by atoms with E-state index in [1.807, 2.05) is 20.8 Å². The number of rotatable bonds is 8. The summed E-state index contributed by atoms with van der Waals surface area (Å²) in [7, 11) is 0. The van der Waals surface area contributed by atoms with E-state index in [0.717, 1.165) is 4.80 Å². The molecule has 2 heterocycles. The third-order valence-electron chi connectivity index (χ3n) is 5.55. The third-order valence-corrected chi connectivity index (χ3v) is 5.92. The van der Waals surface area contributed by atoms with E-state index < -0.39 is 29.2 Å². The lowest BCUT2D eigenvalue weighted by Gasteiger charge is -2.34. The van der Waals surface area contributed by atoms with Crippen LogP contribution in [0.4, 0.5) is 4.39 Å². The maximum atomic E-state index is 13.8. The number of benzene rings is 2. The van der Waals surface area contributed by atoms with Crippen molar-refractivity contribution >= 4 is 23.4 Å². The number of aromatic nitrogens is 4. The van der Waals surface area contributed by atoms with Gasteiger partial charge in [0.05, 0.1) is 0 Å². The van der Waals surface area contributed by atoms with Crippen LogP contribution in [0.1, 0.15) is 43.7 Å². The first kappa shape index (κ1) is 27.0. The fraction of sp³-hybridized carbons (Fsp3) is 0.296. The smallest absolute Gasteiger partial charge is 0.247 e. The molecule has 4 rings (SSSR count). The van der Waals surface area contributed by atoms with Crippen molar-refractivity contribution in [1.29, 1.82) is 0 Å². The molecule has 11 heteroatoms. The quantitative estimate of drug-likeness (QED) is 0.348. The van der Waals surface area contributed by atoms with E-state index in [1.54, 1.807) is 43.3 Å². The van der Waals surface area contributed by atoms with Crippen LogP contribution < -0.4 is 5.32 Å². The predicted molar refractivity (Wildman–Crippen MR) is 139 cm³/mol. The number of nitrogens with zero attached hydrogens (tertiary/aromatic N) is 5. The first-order valence-corrected chi connectivity index (χ1v) is 12.3. The molecule has 0 bridgehead atoms. The van der Waals surface area contributed by atoms with Gasteiger partial charge in [0, 0.05) is 17.1 Å². The molecule has 2 amide bonds. The third kappa shape index (κ3) is 6.63. The Bertz CT molecular complexity index is 1430. The molecule has 2 aromatic carbocycles. The highest BCUT2D eigenvalue weighted by atomic mass is 35.5. The minimum Gasteiger partial charge on any atom is -0.458 e. The Hall–Kier alpha value is -4.05. The Morgan fingerprint density at radius 1 is 1.11 bits per heavy atom. The molecule has 1 N–H and O–H groups in total. The first-order valence-electron chi connectivity index (χ1n) is 11.9. The van der Waals surface area contributed by atoms with Gasteiger partial charge in [-0.05, 0) is 74.4 Å². The average molecular weight is 539 g/mol. The lowest BCUT2D eigenvalue weighted by atomic mass is 10.0. The Balaban J connectivity index is 1.72. The van der Waals surface area contributed by atoms with Crippen LogP contribution in [0.25, 0.3) is 11.6 Å². The van der Waals surface area contributed by atoms with E-state index in [9.17, 15) is 14.0 Å². The van der Waals surface area contributed by atoms with E-state index in [4.69, 9.17) is 16.0 Å². The molecule has 0 saturated carbocycles. The van der Waals surface area contributed by atoms with Crippen LogP contribution in [0.3, 0.4) is 0 Å². The number of hydrogen-bond donors (Lipinski definition) is 1. The fourth-order valence-corrected chi connectivity index (χ4v) is 4.06. The number of tetrazole rings is 1. The van der Waals surface area contributed by atoms with Crippen molar-refractivity contribution in [3.8, 4) is 11.6 Å². The monoisotopic (exact) mass is 538 g/mol. The van der Waals surface area contributed by atoms with Crippen molar-refractivity contribution in [2.45, 2.75) is 52.4 Å². The lowest BCUT2D eigenvalue weighted by Crippen LogP contribution is -2.49. The Kier molecular flexibility index (Phi) is 7.91. The normalized spacial score (nSPS) is 12.3. The second-order valence-corrected chi connectivity index (χ2v) is 10.3. The van der Waals surface area contributed by atoms with Crippen LogP contribution in [-0.4, -0.2) is 42.5 Å². The first-order chi connectivity index (χ1) is 18.0. The van der Waals surface area contributed by atoms with Crippen LogP contribution in [0.2, 0.25) is 5.02 Å². The molecular formula is C27H28ClFN6O3. The van der Waals surface area contributed by atoms with Crippen LogP contribution in [0.15, 0.2) is 65.1 Å². The molecule has 2 aromatic heterocycles. The number of aryl methyl sites for hydroxylation is 1. The number of halogens is 2. The zero-order valence-corrected chi connectivity index (χ0v) is 22.2. The molecule has 4 aromatic rings. The molecule has 0 aliphatic rings. The van der Waals surface area contributed by atoms with Gasteiger partial charge in [-0.15, -0.1) is 10.2 Å². The maximum Gasteiger partial charge on any atom is 0.247 e. The second kappa shape index (κ2) is 11.1. The van der Waals surface area contributed by atoms with Gasteiger partial charge in [0.15, 0.2) is 5.76 Å². The highest BCUT2D eigenvalue weighted by molar-refractivity contribution is 6.31. The van der Waals surface area contributed by atoms with Gasteiger partial charge in [-0.25, -0.2) is 4.39 Å². The van der Waals surface area contributed by atoms with E-state index in [-0.39, 0.29) is 18.9 Å². The van der Waals surface area contributed by atoms with E-state index >= 15 is 0 Å². The summed E-state index contributed by atoms with van der Waals surface area (Å²) in [6.45, 7) is 7.01. The van der Waals surface area contributed by atoms with Gasteiger partial charge in [-0.2, -0.15) is 4.80 Å². The molecular weight excluding hydrogens is 511 g/mol. The Morgan fingerprint density at radius 3 is 2.45 bits per heavy atom. The molecule has 1 atom stereocenters. The van der Waals surface area contributed by atoms with Gasteiger partial charge in [0.25, 0.3) is 0 Å². The van der Waals surface area contributed by atoms with Crippen molar-refractivity contribution in [2.75, 3.05) is 0 Å². The van der Waals surface area contributed by atoms with Crippen LogP contribution in [0, 0.1) is 12.7 Å². The SMILES string of the molecule is Cc1ccc(-c2nnn(CC(=O)N(Cc3ccccc3Cl)C(C(=O)NC(C)(C)C)c3ccc(F)cc3)n2)o1. The second-order valence-electron chi connectivity index (χ2n) is 9.86. The maximum absolute atomic E-state index is 13.8. The molecule has 0 aliphatic heterocycles. The predicted octanol–water partition coefficient (Wildman–Crippen LogP) is 4.72. The molecule has 38 heavy (non-hydrogen) atoms. The molecule has 0 saturated heterocycles.